The summed E-state index contributed by atoms with van der Waals surface area (Å²) in [7, 11) is 0. The highest BCUT2D eigenvalue weighted by atomic mass is 127. The SMILES string of the molecule is CC12CC[C@H]3C(I)CCC4C3(OO1)C(OC(=O)[C@@]4(C)N)O2. The molecule has 1 saturated carbocycles. The van der Waals surface area contributed by atoms with Crippen LogP contribution in [0.25, 0.3) is 0 Å². The fraction of sp³-hybridized carbons (Fsp3) is 0.929. The summed E-state index contributed by atoms with van der Waals surface area (Å²) in [5.74, 6) is -1.21. The molecule has 118 valence electrons. The van der Waals surface area contributed by atoms with Gasteiger partial charge in [0.2, 0.25) is 12.1 Å². The van der Waals surface area contributed by atoms with Crippen LogP contribution in [0.4, 0.5) is 0 Å². The van der Waals surface area contributed by atoms with Crippen LogP contribution >= 0.6 is 22.6 Å². The summed E-state index contributed by atoms with van der Waals surface area (Å²) in [5, 5.41) is 0. The van der Waals surface area contributed by atoms with Crippen molar-refractivity contribution in [1.29, 1.82) is 0 Å². The second kappa shape index (κ2) is 4.31. The molecule has 5 fully saturated rings. The lowest BCUT2D eigenvalue weighted by molar-refractivity contribution is -0.557. The number of carbonyl (C=O) groups is 1. The van der Waals surface area contributed by atoms with Crippen molar-refractivity contribution in [2.75, 3.05) is 0 Å². The summed E-state index contributed by atoms with van der Waals surface area (Å²) in [6, 6.07) is 0. The Morgan fingerprint density at radius 1 is 1.24 bits per heavy atom. The van der Waals surface area contributed by atoms with E-state index in [1.165, 1.54) is 0 Å². The van der Waals surface area contributed by atoms with E-state index in [1.807, 2.05) is 6.92 Å². The van der Waals surface area contributed by atoms with Gasteiger partial charge in [-0.15, -0.1) is 0 Å². The van der Waals surface area contributed by atoms with Gasteiger partial charge in [-0.1, -0.05) is 22.6 Å². The molecule has 5 unspecified atom stereocenters. The van der Waals surface area contributed by atoms with Gasteiger partial charge in [0.15, 0.2) is 5.60 Å². The monoisotopic (exact) mass is 409 g/mol. The van der Waals surface area contributed by atoms with E-state index in [1.54, 1.807) is 6.92 Å². The van der Waals surface area contributed by atoms with Crippen LogP contribution in [0.2, 0.25) is 0 Å². The molecular weight excluding hydrogens is 389 g/mol. The first kappa shape index (κ1) is 14.6. The summed E-state index contributed by atoms with van der Waals surface area (Å²) in [6.45, 7) is 3.57. The summed E-state index contributed by atoms with van der Waals surface area (Å²) in [6.07, 6.45) is 2.75. The summed E-state index contributed by atoms with van der Waals surface area (Å²) in [4.78, 5) is 23.8. The molecule has 1 spiro atoms. The zero-order chi connectivity index (χ0) is 15.0. The fourth-order valence-corrected chi connectivity index (χ4v) is 5.75. The summed E-state index contributed by atoms with van der Waals surface area (Å²) in [5.41, 5.74) is 4.47. The molecule has 4 aliphatic heterocycles. The van der Waals surface area contributed by atoms with Gasteiger partial charge in [0.1, 0.15) is 5.54 Å². The van der Waals surface area contributed by atoms with Crippen molar-refractivity contribution in [3.8, 4) is 0 Å². The van der Waals surface area contributed by atoms with Crippen molar-refractivity contribution < 1.29 is 24.0 Å². The lowest BCUT2D eigenvalue weighted by Crippen LogP contribution is -2.76. The molecule has 2 N–H and O–H groups in total. The van der Waals surface area contributed by atoms with Crippen LogP contribution in [0.5, 0.6) is 0 Å². The van der Waals surface area contributed by atoms with Crippen LogP contribution in [0, 0.1) is 11.8 Å². The topological polar surface area (TPSA) is 80.0 Å². The molecule has 0 aromatic rings. The molecule has 6 nitrogen and oxygen atoms in total. The molecule has 0 amide bonds. The van der Waals surface area contributed by atoms with Gasteiger partial charge >= 0.3 is 5.97 Å². The maximum absolute atomic E-state index is 12.3. The first-order valence-electron chi connectivity index (χ1n) is 7.48. The standard InChI is InChI=1S/C14H20INO5/c1-12-6-5-7-8(15)3-4-9-13(2,16)10(17)18-11(19-12)14(7,9)21-20-12/h7-9,11H,3-6,16H2,1-2H3/t7-,8?,9?,11?,12?,13-,14?/m0/s1. The third-order valence-electron chi connectivity index (χ3n) is 5.67. The number of ether oxygens (including phenoxy) is 2. The molecule has 0 aromatic heterocycles. The number of hydrogen-bond acceptors (Lipinski definition) is 6. The number of rotatable bonds is 0. The van der Waals surface area contributed by atoms with E-state index in [-0.39, 0.29) is 11.8 Å². The first-order valence-corrected chi connectivity index (χ1v) is 8.73. The minimum atomic E-state index is -1.07. The van der Waals surface area contributed by atoms with Gasteiger partial charge < -0.3 is 15.2 Å². The minimum Gasteiger partial charge on any atom is -0.431 e. The molecule has 4 saturated heterocycles. The first-order chi connectivity index (χ1) is 9.80. The largest absolute Gasteiger partial charge is 0.431 e. The van der Waals surface area contributed by atoms with Crippen LogP contribution in [0.3, 0.4) is 0 Å². The average molecular weight is 409 g/mol. The molecule has 5 aliphatic rings. The van der Waals surface area contributed by atoms with Crippen LogP contribution in [-0.4, -0.2) is 33.1 Å². The van der Waals surface area contributed by atoms with E-state index in [9.17, 15) is 4.79 Å². The van der Waals surface area contributed by atoms with E-state index < -0.39 is 29.2 Å². The average Bonchev–Trinajstić information content (AvgIpc) is 2.63. The van der Waals surface area contributed by atoms with Gasteiger partial charge in [0.05, 0.1) is 0 Å². The Morgan fingerprint density at radius 3 is 2.76 bits per heavy atom. The van der Waals surface area contributed by atoms with Gasteiger partial charge in [-0.2, -0.15) is 0 Å². The van der Waals surface area contributed by atoms with Crippen LogP contribution < -0.4 is 5.73 Å². The highest BCUT2D eigenvalue weighted by Crippen LogP contribution is 2.59. The molecule has 5 rings (SSSR count). The Balaban J connectivity index is 1.87. The number of carbonyl (C=O) groups excluding carboxylic acids is 1. The lowest BCUT2D eigenvalue weighted by atomic mass is 9.59. The third-order valence-corrected chi connectivity index (χ3v) is 7.16. The van der Waals surface area contributed by atoms with Crippen molar-refractivity contribution in [2.45, 2.75) is 66.7 Å². The number of alkyl halides is 1. The second-order valence-corrected chi connectivity index (χ2v) is 8.68. The molecular formula is C14H20INO5. The molecule has 0 aromatic carbocycles. The predicted octanol–water partition coefficient (Wildman–Crippen LogP) is 1.64. The minimum absolute atomic E-state index is 0.157. The Morgan fingerprint density at radius 2 is 2.00 bits per heavy atom. The number of nitrogens with two attached hydrogens (primary N) is 1. The molecule has 1 aliphatic carbocycles. The van der Waals surface area contributed by atoms with E-state index >= 15 is 0 Å². The quantitative estimate of drug-likeness (QED) is 0.284. The Labute approximate surface area is 137 Å². The molecule has 7 atom stereocenters. The third kappa shape index (κ3) is 1.75. The van der Waals surface area contributed by atoms with Crippen molar-refractivity contribution >= 4 is 28.6 Å². The van der Waals surface area contributed by atoms with Crippen LogP contribution in [0.15, 0.2) is 0 Å². The highest BCUT2D eigenvalue weighted by Gasteiger charge is 2.73. The van der Waals surface area contributed by atoms with Crippen molar-refractivity contribution in [2.24, 2.45) is 17.6 Å². The normalized spacial score (nSPS) is 59.1. The molecule has 21 heavy (non-hydrogen) atoms. The number of esters is 1. The maximum Gasteiger partial charge on any atom is 0.328 e. The van der Waals surface area contributed by atoms with Crippen molar-refractivity contribution in [3.05, 3.63) is 0 Å². The maximum atomic E-state index is 12.3. The smallest absolute Gasteiger partial charge is 0.328 e. The number of hydrogen-bond donors (Lipinski definition) is 1. The van der Waals surface area contributed by atoms with E-state index in [0.29, 0.717) is 3.92 Å². The molecule has 0 radical (unpaired) electrons. The number of halogens is 1. The lowest BCUT2D eigenvalue weighted by Gasteiger charge is -2.59. The summed E-state index contributed by atoms with van der Waals surface area (Å²) >= 11 is 2.47. The zero-order valence-corrected chi connectivity index (χ0v) is 14.3. The molecule has 4 heterocycles. The van der Waals surface area contributed by atoms with Gasteiger partial charge in [0.25, 0.3) is 0 Å². The molecule has 7 heteroatoms. The predicted molar refractivity (Wildman–Crippen MR) is 80.1 cm³/mol. The second-order valence-electron chi connectivity index (χ2n) is 7.08. The van der Waals surface area contributed by atoms with E-state index in [0.717, 1.165) is 25.7 Å². The van der Waals surface area contributed by atoms with Crippen LogP contribution in [0.1, 0.15) is 39.5 Å². The van der Waals surface area contributed by atoms with E-state index in [2.05, 4.69) is 22.6 Å². The van der Waals surface area contributed by atoms with Gasteiger partial charge in [-0.3, -0.25) is 0 Å². The van der Waals surface area contributed by atoms with Gasteiger partial charge in [-0.25, -0.2) is 14.6 Å². The Hall–Kier alpha value is 0.0400. The zero-order valence-electron chi connectivity index (χ0n) is 12.1. The Bertz CT molecular complexity index is 500. The summed E-state index contributed by atoms with van der Waals surface area (Å²) < 4.78 is 12.0. The molecule has 2 bridgehead atoms. The van der Waals surface area contributed by atoms with Gasteiger partial charge in [-0.05, 0) is 33.1 Å². The van der Waals surface area contributed by atoms with Gasteiger partial charge in [0, 0.05) is 22.2 Å². The fourth-order valence-electron chi connectivity index (χ4n) is 4.47. The number of fused-ring (bicyclic) bond motifs is 2. The van der Waals surface area contributed by atoms with Crippen LogP contribution in [-0.2, 0) is 24.0 Å². The van der Waals surface area contributed by atoms with E-state index in [4.69, 9.17) is 25.0 Å². The van der Waals surface area contributed by atoms with Crippen molar-refractivity contribution in [1.82, 2.24) is 0 Å². The van der Waals surface area contributed by atoms with Crippen molar-refractivity contribution in [3.63, 3.8) is 0 Å². The highest BCUT2D eigenvalue weighted by molar-refractivity contribution is 14.1. The Kier molecular flexibility index (Phi) is 3.00.